The maximum atomic E-state index is 12.8. The zero-order valence-corrected chi connectivity index (χ0v) is 40.1. The standard InChI is InChI=1S/C52H97NO7/c1-6-8-10-12-14-16-18-20-22-24-25-26-27-29-30-32-34-36-38-40-42-50(54)59-47-48(46-58-45-44-49(52(56)57)53(3,4)5)60-51(55)43-41-39-37-35-33-31-28-23-21-19-17-15-13-11-9-7-2/h17,19,23,28,48-49H,6-16,18,20-22,24-27,29-47H2,1-5H3/b19-17-,28-23-. The van der Waals surface area contributed by atoms with Crippen LogP contribution in [0.5, 0.6) is 0 Å². The molecule has 0 heterocycles. The fourth-order valence-corrected chi connectivity index (χ4v) is 7.63. The van der Waals surface area contributed by atoms with Crippen LogP contribution in [0, 0.1) is 0 Å². The van der Waals surface area contributed by atoms with Gasteiger partial charge in [-0.1, -0.05) is 199 Å². The molecular formula is C52H97NO7. The molecule has 0 N–H and O–H groups in total. The van der Waals surface area contributed by atoms with Crippen molar-refractivity contribution in [2.24, 2.45) is 0 Å². The number of carbonyl (C=O) groups excluding carboxylic acids is 3. The smallest absolute Gasteiger partial charge is 0.306 e. The molecular weight excluding hydrogens is 751 g/mol. The van der Waals surface area contributed by atoms with Crippen LogP contribution >= 0.6 is 0 Å². The molecule has 60 heavy (non-hydrogen) atoms. The molecule has 0 saturated carbocycles. The van der Waals surface area contributed by atoms with E-state index in [1.165, 1.54) is 141 Å². The highest BCUT2D eigenvalue weighted by Crippen LogP contribution is 2.16. The van der Waals surface area contributed by atoms with E-state index >= 15 is 0 Å². The molecule has 2 unspecified atom stereocenters. The fraction of sp³-hybridized carbons (Fsp3) is 0.865. The summed E-state index contributed by atoms with van der Waals surface area (Å²) in [7, 11) is 5.42. The van der Waals surface area contributed by atoms with Crippen molar-refractivity contribution in [1.82, 2.24) is 0 Å². The number of quaternary nitrogens is 1. The van der Waals surface area contributed by atoms with Crippen LogP contribution in [0.3, 0.4) is 0 Å². The summed E-state index contributed by atoms with van der Waals surface area (Å²) < 4.78 is 17.2. The van der Waals surface area contributed by atoms with Gasteiger partial charge in [0.05, 0.1) is 40.3 Å². The molecule has 8 heteroatoms. The number of carbonyl (C=O) groups is 3. The van der Waals surface area contributed by atoms with Gasteiger partial charge in [0.25, 0.3) is 0 Å². The molecule has 0 radical (unpaired) electrons. The maximum absolute atomic E-state index is 12.8. The average molecular weight is 848 g/mol. The van der Waals surface area contributed by atoms with Gasteiger partial charge < -0.3 is 28.6 Å². The first-order chi connectivity index (χ1) is 29.1. The highest BCUT2D eigenvalue weighted by atomic mass is 16.6. The number of ether oxygens (including phenoxy) is 3. The van der Waals surface area contributed by atoms with Crippen LogP contribution in [-0.2, 0) is 28.6 Å². The monoisotopic (exact) mass is 848 g/mol. The number of rotatable bonds is 46. The first kappa shape index (κ1) is 57.8. The molecule has 8 nitrogen and oxygen atoms in total. The molecule has 352 valence electrons. The Balaban J connectivity index is 4.23. The Morgan fingerprint density at radius 2 is 0.883 bits per heavy atom. The molecule has 0 saturated heterocycles. The third kappa shape index (κ3) is 41.2. The van der Waals surface area contributed by atoms with Crippen LogP contribution in [0.4, 0.5) is 0 Å². The highest BCUT2D eigenvalue weighted by Gasteiger charge is 2.25. The summed E-state index contributed by atoms with van der Waals surface area (Å²) in [4.78, 5) is 37.0. The van der Waals surface area contributed by atoms with E-state index in [0.29, 0.717) is 12.8 Å². The second-order valence-corrected chi connectivity index (χ2v) is 18.4. The summed E-state index contributed by atoms with van der Waals surface area (Å²) in [5.41, 5.74) is 0. The molecule has 0 aliphatic heterocycles. The summed E-state index contributed by atoms with van der Waals surface area (Å²) in [6, 6.07) is -0.726. The van der Waals surface area contributed by atoms with Crippen LogP contribution in [0.25, 0.3) is 0 Å². The molecule has 0 amide bonds. The topological polar surface area (TPSA) is 102 Å². The lowest BCUT2D eigenvalue weighted by Crippen LogP contribution is -2.55. The Hall–Kier alpha value is -2.19. The van der Waals surface area contributed by atoms with E-state index in [4.69, 9.17) is 14.2 Å². The molecule has 0 aromatic rings. The van der Waals surface area contributed by atoms with Crippen molar-refractivity contribution in [3.05, 3.63) is 24.3 Å². The second-order valence-electron chi connectivity index (χ2n) is 18.4. The molecule has 0 rings (SSSR count). The Kier molecular flexibility index (Phi) is 41.9. The van der Waals surface area contributed by atoms with E-state index in [-0.39, 0.29) is 42.7 Å². The van der Waals surface area contributed by atoms with Gasteiger partial charge in [0, 0.05) is 19.3 Å². The SMILES string of the molecule is CCCCCC/C=C\C/C=C\CCCCCCCC(=O)OC(COCCC(C(=O)[O-])[N+](C)(C)C)COC(=O)CCCCCCCCCCCCCCCCCCCCCC. The second kappa shape index (κ2) is 43.5. The zero-order chi connectivity index (χ0) is 44.2. The van der Waals surface area contributed by atoms with Crippen molar-refractivity contribution in [1.29, 1.82) is 0 Å². The van der Waals surface area contributed by atoms with Gasteiger partial charge in [-0.15, -0.1) is 0 Å². The number of likely N-dealkylation sites (N-methyl/N-ethyl adjacent to an activating group) is 1. The molecule has 0 aromatic carbocycles. The molecule has 0 aliphatic rings. The quantitative estimate of drug-likeness (QED) is 0.0260. The van der Waals surface area contributed by atoms with Crippen molar-refractivity contribution in [3.8, 4) is 0 Å². The lowest BCUT2D eigenvalue weighted by molar-refractivity contribution is -0.889. The predicted octanol–water partition coefficient (Wildman–Crippen LogP) is 13.1. The normalized spacial score (nSPS) is 13.0. The van der Waals surface area contributed by atoms with Crippen molar-refractivity contribution < 1.29 is 38.2 Å². The maximum Gasteiger partial charge on any atom is 0.306 e. The van der Waals surface area contributed by atoms with Crippen molar-refractivity contribution >= 4 is 17.9 Å². The van der Waals surface area contributed by atoms with E-state index in [0.717, 1.165) is 64.2 Å². The summed E-state index contributed by atoms with van der Waals surface area (Å²) in [6.45, 7) is 4.67. The van der Waals surface area contributed by atoms with Crippen LogP contribution in [0.1, 0.15) is 239 Å². The zero-order valence-electron chi connectivity index (χ0n) is 40.1. The van der Waals surface area contributed by atoms with Crippen molar-refractivity contribution in [2.75, 3.05) is 41.0 Å². The molecule has 0 spiro atoms. The Morgan fingerprint density at radius 3 is 1.30 bits per heavy atom. The molecule has 0 fully saturated rings. The number of esters is 2. The summed E-state index contributed by atoms with van der Waals surface area (Å²) in [5.74, 6) is -1.74. The Bertz CT molecular complexity index is 1040. The van der Waals surface area contributed by atoms with Gasteiger partial charge in [0.2, 0.25) is 0 Å². The number of hydrogen-bond acceptors (Lipinski definition) is 7. The van der Waals surface area contributed by atoms with Gasteiger partial charge in [-0.25, -0.2) is 0 Å². The van der Waals surface area contributed by atoms with Crippen LogP contribution in [0.15, 0.2) is 24.3 Å². The minimum Gasteiger partial charge on any atom is -0.544 e. The average Bonchev–Trinajstić information content (AvgIpc) is 3.21. The van der Waals surface area contributed by atoms with E-state index < -0.39 is 18.1 Å². The van der Waals surface area contributed by atoms with Crippen LogP contribution in [-0.4, -0.2) is 75.5 Å². The minimum atomic E-state index is -1.12. The molecule has 0 aromatic heterocycles. The van der Waals surface area contributed by atoms with Gasteiger partial charge >= 0.3 is 11.9 Å². The number of unbranched alkanes of at least 4 members (excludes halogenated alkanes) is 28. The van der Waals surface area contributed by atoms with Crippen molar-refractivity contribution in [2.45, 2.75) is 251 Å². The minimum absolute atomic E-state index is 0.0392. The number of allylic oxidation sites excluding steroid dienone is 4. The Morgan fingerprint density at radius 1 is 0.500 bits per heavy atom. The van der Waals surface area contributed by atoms with E-state index in [1.807, 2.05) is 0 Å². The van der Waals surface area contributed by atoms with Crippen LogP contribution in [0.2, 0.25) is 0 Å². The largest absolute Gasteiger partial charge is 0.544 e. The summed E-state index contributed by atoms with van der Waals surface area (Å²) in [5, 5.41) is 11.7. The van der Waals surface area contributed by atoms with Crippen molar-refractivity contribution in [3.63, 3.8) is 0 Å². The van der Waals surface area contributed by atoms with Gasteiger partial charge in [0.15, 0.2) is 6.10 Å². The lowest BCUT2D eigenvalue weighted by Gasteiger charge is -2.34. The third-order valence-corrected chi connectivity index (χ3v) is 11.6. The first-order valence-electron chi connectivity index (χ1n) is 25.4. The third-order valence-electron chi connectivity index (χ3n) is 11.6. The van der Waals surface area contributed by atoms with E-state index in [2.05, 4.69) is 38.2 Å². The molecule has 0 aliphatic carbocycles. The van der Waals surface area contributed by atoms with Crippen LogP contribution < -0.4 is 5.11 Å². The molecule has 2 atom stereocenters. The number of carboxylic acid groups (broad SMARTS) is 1. The highest BCUT2D eigenvalue weighted by molar-refractivity contribution is 5.70. The van der Waals surface area contributed by atoms with Gasteiger partial charge in [0.1, 0.15) is 12.6 Å². The van der Waals surface area contributed by atoms with Gasteiger partial charge in [-0.05, 0) is 44.9 Å². The number of aliphatic carboxylic acids is 1. The summed E-state index contributed by atoms with van der Waals surface area (Å²) in [6.07, 6.45) is 49.2. The Labute approximate surface area is 371 Å². The summed E-state index contributed by atoms with van der Waals surface area (Å²) >= 11 is 0. The van der Waals surface area contributed by atoms with Gasteiger partial charge in [-0.2, -0.15) is 0 Å². The number of hydrogen-bond donors (Lipinski definition) is 0. The predicted molar refractivity (Wildman–Crippen MR) is 250 cm³/mol. The van der Waals surface area contributed by atoms with E-state index in [1.54, 1.807) is 21.1 Å². The van der Waals surface area contributed by atoms with E-state index in [9.17, 15) is 19.5 Å². The number of nitrogens with zero attached hydrogens (tertiary/aromatic N) is 1. The fourth-order valence-electron chi connectivity index (χ4n) is 7.63. The lowest BCUT2D eigenvalue weighted by atomic mass is 10.0. The first-order valence-corrected chi connectivity index (χ1v) is 25.4. The number of carboxylic acids is 1. The van der Waals surface area contributed by atoms with Gasteiger partial charge in [-0.3, -0.25) is 9.59 Å². The molecule has 0 bridgehead atoms.